The summed E-state index contributed by atoms with van der Waals surface area (Å²) < 4.78 is 0.834. The molecule has 1 aliphatic rings. The summed E-state index contributed by atoms with van der Waals surface area (Å²) in [6.07, 6.45) is 0. The lowest BCUT2D eigenvalue weighted by molar-refractivity contribution is -0.384. The highest BCUT2D eigenvalue weighted by molar-refractivity contribution is 9.10. The fourth-order valence-electron chi connectivity index (χ4n) is 2.43. The van der Waals surface area contributed by atoms with Crippen LogP contribution >= 0.6 is 27.7 Å². The Morgan fingerprint density at radius 1 is 1.29 bits per heavy atom. The molecule has 0 fully saturated rings. The van der Waals surface area contributed by atoms with E-state index in [1.165, 1.54) is 17.2 Å². The monoisotopic (exact) mass is 364 g/mol. The third-order valence-electron chi connectivity index (χ3n) is 3.46. The average Bonchev–Trinajstić information content (AvgIpc) is 2.49. The molecular formula is C15H13BrN2O2S. The summed E-state index contributed by atoms with van der Waals surface area (Å²) in [7, 11) is 0. The van der Waals surface area contributed by atoms with E-state index in [2.05, 4.69) is 33.4 Å². The van der Waals surface area contributed by atoms with E-state index in [4.69, 9.17) is 0 Å². The molecule has 0 aromatic heterocycles. The molecule has 0 saturated carbocycles. The number of hydrogen-bond donors (Lipinski definition) is 1. The molecule has 4 nitrogen and oxygen atoms in total. The maximum Gasteiger partial charge on any atom is 0.271 e. The predicted octanol–water partition coefficient (Wildman–Crippen LogP) is 4.76. The first kappa shape index (κ1) is 14.4. The maximum absolute atomic E-state index is 10.9. The Balaban J connectivity index is 1.91. The van der Waals surface area contributed by atoms with E-state index in [1.54, 1.807) is 12.1 Å². The summed E-state index contributed by atoms with van der Waals surface area (Å²) in [5.74, 6) is 1.97. The molecule has 108 valence electrons. The Morgan fingerprint density at radius 3 is 2.90 bits per heavy atom. The fraction of sp³-hybridized carbons (Fsp3) is 0.200. The van der Waals surface area contributed by atoms with E-state index in [1.807, 2.05) is 23.9 Å². The van der Waals surface area contributed by atoms with Crippen LogP contribution in [0.15, 0.2) is 46.9 Å². The zero-order valence-electron chi connectivity index (χ0n) is 11.1. The SMILES string of the molecule is O=[N+]([O-])c1ccc(Br)c(NC2CSCc3ccccc32)c1. The number of nitrogens with zero attached hydrogens (tertiary/aromatic N) is 1. The number of nitrogens with one attached hydrogen (secondary N) is 1. The van der Waals surface area contributed by atoms with Crippen LogP contribution in [-0.4, -0.2) is 10.7 Å². The lowest BCUT2D eigenvalue weighted by Crippen LogP contribution is -2.19. The largest absolute Gasteiger partial charge is 0.376 e. The number of halogens is 1. The number of fused-ring (bicyclic) bond motifs is 1. The number of rotatable bonds is 3. The Bertz CT molecular complexity index is 693. The second kappa shape index (κ2) is 6.07. The molecule has 0 bridgehead atoms. The van der Waals surface area contributed by atoms with E-state index < -0.39 is 0 Å². The van der Waals surface area contributed by atoms with Crippen molar-refractivity contribution >= 4 is 39.1 Å². The Hall–Kier alpha value is -1.53. The highest BCUT2D eigenvalue weighted by Crippen LogP contribution is 2.36. The second-order valence-corrected chi connectivity index (χ2v) is 6.72. The van der Waals surface area contributed by atoms with Crippen LogP contribution in [0.1, 0.15) is 17.2 Å². The molecular weight excluding hydrogens is 352 g/mol. The lowest BCUT2D eigenvalue weighted by atomic mass is 10.0. The van der Waals surface area contributed by atoms with Crippen LogP contribution in [0.5, 0.6) is 0 Å². The minimum atomic E-state index is -0.374. The minimum absolute atomic E-state index is 0.0949. The van der Waals surface area contributed by atoms with Gasteiger partial charge in [0.1, 0.15) is 0 Å². The molecule has 21 heavy (non-hydrogen) atoms. The van der Waals surface area contributed by atoms with E-state index in [0.29, 0.717) is 0 Å². The highest BCUT2D eigenvalue weighted by atomic mass is 79.9. The topological polar surface area (TPSA) is 55.2 Å². The quantitative estimate of drug-likeness (QED) is 0.630. The van der Waals surface area contributed by atoms with Crippen molar-refractivity contribution in [2.45, 2.75) is 11.8 Å². The van der Waals surface area contributed by atoms with Crippen molar-refractivity contribution in [1.29, 1.82) is 0 Å². The molecule has 2 aromatic rings. The van der Waals surface area contributed by atoms with Gasteiger partial charge in [0, 0.05) is 28.1 Å². The van der Waals surface area contributed by atoms with Crippen molar-refractivity contribution < 1.29 is 4.92 Å². The van der Waals surface area contributed by atoms with Crippen molar-refractivity contribution in [3.8, 4) is 0 Å². The van der Waals surface area contributed by atoms with Gasteiger partial charge in [0.15, 0.2) is 0 Å². The third kappa shape index (κ3) is 3.06. The maximum atomic E-state index is 10.9. The molecule has 0 amide bonds. The molecule has 1 atom stereocenters. The van der Waals surface area contributed by atoms with Crippen molar-refractivity contribution in [2.24, 2.45) is 0 Å². The summed E-state index contributed by atoms with van der Waals surface area (Å²) in [5.41, 5.74) is 3.45. The highest BCUT2D eigenvalue weighted by Gasteiger charge is 2.21. The minimum Gasteiger partial charge on any atom is -0.376 e. The summed E-state index contributed by atoms with van der Waals surface area (Å²) >= 11 is 5.32. The number of non-ortho nitro benzene ring substituents is 1. The van der Waals surface area contributed by atoms with E-state index in [0.717, 1.165) is 21.7 Å². The molecule has 3 rings (SSSR count). The molecule has 1 aliphatic heterocycles. The van der Waals surface area contributed by atoms with Gasteiger partial charge in [-0.05, 0) is 33.1 Å². The van der Waals surface area contributed by atoms with Crippen molar-refractivity contribution in [1.82, 2.24) is 0 Å². The molecule has 1 unspecified atom stereocenters. The van der Waals surface area contributed by atoms with Crippen LogP contribution in [0.2, 0.25) is 0 Å². The summed E-state index contributed by atoms with van der Waals surface area (Å²) in [6.45, 7) is 0. The van der Waals surface area contributed by atoms with E-state index in [-0.39, 0.29) is 16.7 Å². The number of hydrogen-bond acceptors (Lipinski definition) is 4. The summed E-state index contributed by atoms with van der Waals surface area (Å²) in [4.78, 5) is 10.5. The van der Waals surface area contributed by atoms with Gasteiger partial charge in [-0.15, -0.1) is 0 Å². The van der Waals surface area contributed by atoms with Crippen LogP contribution in [0.25, 0.3) is 0 Å². The molecule has 0 aliphatic carbocycles. The molecule has 0 saturated heterocycles. The Morgan fingerprint density at radius 2 is 2.10 bits per heavy atom. The number of thioether (sulfide) groups is 1. The Kier molecular flexibility index (Phi) is 4.17. The van der Waals surface area contributed by atoms with Crippen LogP contribution in [0.4, 0.5) is 11.4 Å². The smallest absolute Gasteiger partial charge is 0.271 e. The molecule has 0 spiro atoms. The second-order valence-electron chi connectivity index (χ2n) is 4.83. The molecule has 6 heteroatoms. The van der Waals surface area contributed by atoms with Crippen LogP contribution in [0.3, 0.4) is 0 Å². The normalized spacial score (nSPS) is 17.1. The fourth-order valence-corrected chi connectivity index (χ4v) is 3.89. The first-order valence-corrected chi connectivity index (χ1v) is 8.46. The van der Waals surface area contributed by atoms with Crippen LogP contribution in [0, 0.1) is 10.1 Å². The lowest BCUT2D eigenvalue weighted by Gasteiger charge is -2.27. The van der Waals surface area contributed by atoms with Gasteiger partial charge < -0.3 is 5.32 Å². The van der Waals surface area contributed by atoms with E-state index >= 15 is 0 Å². The molecule has 1 heterocycles. The van der Waals surface area contributed by atoms with Gasteiger partial charge >= 0.3 is 0 Å². The molecule has 2 aromatic carbocycles. The first-order chi connectivity index (χ1) is 10.1. The van der Waals surface area contributed by atoms with Crippen molar-refractivity contribution in [3.63, 3.8) is 0 Å². The van der Waals surface area contributed by atoms with Gasteiger partial charge in [-0.2, -0.15) is 11.8 Å². The first-order valence-electron chi connectivity index (χ1n) is 6.51. The van der Waals surface area contributed by atoms with Crippen molar-refractivity contribution in [2.75, 3.05) is 11.1 Å². The zero-order chi connectivity index (χ0) is 14.8. The van der Waals surface area contributed by atoms with Crippen molar-refractivity contribution in [3.05, 3.63) is 68.2 Å². The number of anilines is 1. The van der Waals surface area contributed by atoms with Crippen LogP contribution in [-0.2, 0) is 5.75 Å². The summed E-state index contributed by atoms with van der Waals surface area (Å²) in [6, 6.07) is 13.3. The molecule has 0 radical (unpaired) electrons. The Labute approximate surface area is 135 Å². The van der Waals surface area contributed by atoms with Gasteiger partial charge in [-0.1, -0.05) is 24.3 Å². The van der Waals surface area contributed by atoms with Gasteiger partial charge in [-0.3, -0.25) is 10.1 Å². The number of nitro benzene ring substituents is 1. The summed E-state index contributed by atoms with van der Waals surface area (Å²) in [5, 5.41) is 14.3. The standard InChI is InChI=1S/C15H13BrN2O2S/c16-13-6-5-11(18(19)20)7-14(13)17-15-9-21-8-10-3-1-2-4-12(10)15/h1-7,15,17H,8-9H2. The van der Waals surface area contributed by atoms with Crippen LogP contribution < -0.4 is 5.32 Å². The van der Waals surface area contributed by atoms with E-state index in [9.17, 15) is 10.1 Å². The van der Waals surface area contributed by atoms with Gasteiger partial charge in [0.25, 0.3) is 5.69 Å². The van der Waals surface area contributed by atoms with Gasteiger partial charge in [0.05, 0.1) is 16.7 Å². The number of nitro groups is 1. The number of benzene rings is 2. The average molecular weight is 365 g/mol. The zero-order valence-corrected chi connectivity index (χ0v) is 13.5. The molecule has 1 N–H and O–H groups in total. The third-order valence-corrected chi connectivity index (χ3v) is 5.24. The van der Waals surface area contributed by atoms with Gasteiger partial charge in [0.2, 0.25) is 0 Å². The van der Waals surface area contributed by atoms with Gasteiger partial charge in [-0.25, -0.2) is 0 Å². The predicted molar refractivity (Wildman–Crippen MR) is 89.8 cm³/mol.